The first-order valence-electron chi connectivity index (χ1n) is 7.17. The Labute approximate surface area is 123 Å². The zero-order valence-electron chi connectivity index (χ0n) is 11.7. The number of fused-ring (bicyclic) bond motifs is 3. The van der Waals surface area contributed by atoms with E-state index in [1.807, 2.05) is 24.3 Å². The Morgan fingerprint density at radius 1 is 1.14 bits per heavy atom. The van der Waals surface area contributed by atoms with Gasteiger partial charge in [0.1, 0.15) is 18.2 Å². The maximum atomic E-state index is 5.94. The second-order valence-electron chi connectivity index (χ2n) is 5.25. The van der Waals surface area contributed by atoms with E-state index in [0.29, 0.717) is 12.6 Å². The van der Waals surface area contributed by atoms with Crippen LogP contribution >= 0.6 is 0 Å². The van der Waals surface area contributed by atoms with Crippen molar-refractivity contribution in [1.82, 2.24) is 15.3 Å². The fourth-order valence-corrected chi connectivity index (χ4v) is 2.92. The number of para-hydroxylation sites is 1. The Kier molecular flexibility index (Phi) is 2.89. The molecule has 0 spiro atoms. The molecular weight excluding hydrogens is 266 g/mol. The number of benzene rings is 1. The summed E-state index contributed by atoms with van der Waals surface area (Å²) in [6, 6.07) is 7.92. The molecule has 1 saturated heterocycles. The van der Waals surface area contributed by atoms with Gasteiger partial charge in [-0.3, -0.25) is 0 Å². The summed E-state index contributed by atoms with van der Waals surface area (Å²) in [4.78, 5) is 11.2. The third kappa shape index (κ3) is 2.08. The smallest absolute Gasteiger partial charge is 0.222 e. The minimum absolute atomic E-state index is 0.319. The molecular formula is C15H17N5O. The Morgan fingerprint density at radius 2 is 1.95 bits per heavy atom. The molecule has 2 aliphatic rings. The molecule has 4 rings (SSSR count). The molecule has 6 nitrogen and oxygen atoms in total. The molecule has 2 aromatic rings. The van der Waals surface area contributed by atoms with Gasteiger partial charge in [-0.2, -0.15) is 4.98 Å². The zero-order valence-corrected chi connectivity index (χ0v) is 11.7. The molecule has 0 aliphatic carbocycles. The number of hydrogen-bond donors (Lipinski definition) is 2. The van der Waals surface area contributed by atoms with Crippen molar-refractivity contribution in [2.45, 2.75) is 6.61 Å². The highest BCUT2D eigenvalue weighted by molar-refractivity contribution is 5.76. The molecule has 1 fully saturated rings. The van der Waals surface area contributed by atoms with Crippen LogP contribution in [-0.4, -0.2) is 36.1 Å². The van der Waals surface area contributed by atoms with E-state index in [1.165, 1.54) is 0 Å². The molecule has 0 radical (unpaired) electrons. The number of rotatable bonds is 1. The Morgan fingerprint density at radius 3 is 2.81 bits per heavy atom. The third-order valence-electron chi connectivity index (χ3n) is 3.93. The first-order valence-corrected chi connectivity index (χ1v) is 7.17. The number of nitrogens with zero attached hydrogens (tertiary/aromatic N) is 3. The second-order valence-corrected chi connectivity index (χ2v) is 5.25. The van der Waals surface area contributed by atoms with Gasteiger partial charge in [-0.05, 0) is 12.1 Å². The highest BCUT2D eigenvalue weighted by Gasteiger charge is 2.26. The standard InChI is InChI=1S/C15H17N5O/c16-15-18-13-10-3-1-2-4-12(10)21-9-11(13)14(19-15)20-7-5-17-6-8-20/h1-4,17H,5-9H2,(H2,16,18,19). The second kappa shape index (κ2) is 4.89. The van der Waals surface area contributed by atoms with Gasteiger partial charge in [-0.1, -0.05) is 12.1 Å². The number of nitrogen functional groups attached to an aromatic ring is 1. The molecule has 3 N–H and O–H groups in total. The number of aromatic nitrogens is 2. The molecule has 2 aliphatic heterocycles. The lowest BCUT2D eigenvalue weighted by molar-refractivity contribution is 0.301. The van der Waals surface area contributed by atoms with E-state index in [4.69, 9.17) is 10.5 Å². The zero-order chi connectivity index (χ0) is 14.2. The Bertz CT molecular complexity index is 682. The monoisotopic (exact) mass is 283 g/mol. The number of piperazine rings is 1. The van der Waals surface area contributed by atoms with Crippen LogP contribution in [0.5, 0.6) is 5.75 Å². The fraction of sp³-hybridized carbons (Fsp3) is 0.333. The highest BCUT2D eigenvalue weighted by Crippen LogP contribution is 2.39. The third-order valence-corrected chi connectivity index (χ3v) is 3.93. The van der Waals surface area contributed by atoms with Crippen molar-refractivity contribution >= 4 is 11.8 Å². The van der Waals surface area contributed by atoms with Gasteiger partial charge in [0.2, 0.25) is 5.95 Å². The molecule has 6 heteroatoms. The number of nitrogens with one attached hydrogen (secondary N) is 1. The van der Waals surface area contributed by atoms with Gasteiger partial charge in [0, 0.05) is 31.7 Å². The van der Waals surface area contributed by atoms with Crippen LogP contribution in [0.3, 0.4) is 0 Å². The number of anilines is 2. The lowest BCUT2D eigenvalue weighted by Gasteiger charge is -2.32. The maximum Gasteiger partial charge on any atom is 0.222 e. The number of nitrogens with two attached hydrogens (primary N) is 1. The van der Waals surface area contributed by atoms with E-state index < -0.39 is 0 Å². The summed E-state index contributed by atoms with van der Waals surface area (Å²) in [7, 11) is 0. The first-order chi connectivity index (χ1) is 10.3. The normalized spacial score (nSPS) is 16.9. The van der Waals surface area contributed by atoms with E-state index in [-0.39, 0.29) is 0 Å². The summed E-state index contributed by atoms with van der Waals surface area (Å²) >= 11 is 0. The Balaban J connectivity index is 1.86. The van der Waals surface area contributed by atoms with E-state index in [2.05, 4.69) is 20.2 Å². The molecule has 0 unspecified atom stereocenters. The summed E-state index contributed by atoms with van der Waals surface area (Å²) < 4.78 is 5.86. The van der Waals surface area contributed by atoms with Gasteiger partial charge in [-0.15, -0.1) is 0 Å². The van der Waals surface area contributed by atoms with Crippen LogP contribution in [0, 0.1) is 0 Å². The summed E-state index contributed by atoms with van der Waals surface area (Å²) in [5, 5.41) is 3.35. The average molecular weight is 283 g/mol. The lowest BCUT2D eigenvalue weighted by Crippen LogP contribution is -2.44. The Hall–Kier alpha value is -2.34. The highest BCUT2D eigenvalue weighted by atomic mass is 16.5. The van der Waals surface area contributed by atoms with Crippen LogP contribution in [-0.2, 0) is 6.61 Å². The molecule has 0 bridgehead atoms. The van der Waals surface area contributed by atoms with Crippen molar-refractivity contribution < 1.29 is 4.74 Å². The SMILES string of the molecule is Nc1nc2c(c(N3CCNCC3)n1)COc1ccccc1-2. The van der Waals surface area contributed by atoms with Gasteiger partial charge in [0.25, 0.3) is 0 Å². The van der Waals surface area contributed by atoms with Gasteiger partial charge < -0.3 is 20.7 Å². The van der Waals surface area contributed by atoms with Gasteiger partial charge in [0.15, 0.2) is 0 Å². The number of hydrogen-bond acceptors (Lipinski definition) is 6. The van der Waals surface area contributed by atoms with Gasteiger partial charge in [0.05, 0.1) is 11.3 Å². The van der Waals surface area contributed by atoms with E-state index in [9.17, 15) is 0 Å². The topological polar surface area (TPSA) is 76.3 Å². The van der Waals surface area contributed by atoms with Crippen LogP contribution in [0.4, 0.5) is 11.8 Å². The first kappa shape index (κ1) is 12.4. The summed E-state index contributed by atoms with van der Waals surface area (Å²) in [5.74, 6) is 2.09. The van der Waals surface area contributed by atoms with Crippen molar-refractivity contribution in [3.63, 3.8) is 0 Å². The molecule has 0 atom stereocenters. The van der Waals surface area contributed by atoms with Crippen LogP contribution in [0.2, 0.25) is 0 Å². The van der Waals surface area contributed by atoms with Crippen LogP contribution in [0.25, 0.3) is 11.3 Å². The summed E-state index contributed by atoms with van der Waals surface area (Å²) in [6.07, 6.45) is 0. The molecule has 1 aromatic heterocycles. The average Bonchev–Trinajstić information content (AvgIpc) is 2.55. The van der Waals surface area contributed by atoms with E-state index >= 15 is 0 Å². The maximum absolute atomic E-state index is 5.94. The van der Waals surface area contributed by atoms with Crippen molar-refractivity contribution in [2.24, 2.45) is 0 Å². The fourth-order valence-electron chi connectivity index (χ4n) is 2.92. The van der Waals surface area contributed by atoms with Crippen LogP contribution in [0.15, 0.2) is 24.3 Å². The lowest BCUT2D eigenvalue weighted by atomic mass is 10.0. The molecule has 108 valence electrons. The quantitative estimate of drug-likeness (QED) is 0.814. The number of ether oxygens (including phenoxy) is 1. The van der Waals surface area contributed by atoms with E-state index in [0.717, 1.165) is 54.6 Å². The predicted octanol–water partition coefficient (Wildman–Crippen LogP) is 1.03. The predicted molar refractivity (Wildman–Crippen MR) is 81.3 cm³/mol. The molecule has 21 heavy (non-hydrogen) atoms. The van der Waals surface area contributed by atoms with Crippen LogP contribution in [0.1, 0.15) is 5.56 Å². The summed E-state index contributed by atoms with van der Waals surface area (Å²) in [6.45, 7) is 4.24. The van der Waals surface area contributed by atoms with E-state index in [1.54, 1.807) is 0 Å². The molecule has 0 saturated carbocycles. The molecule has 3 heterocycles. The minimum Gasteiger partial charge on any atom is -0.488 e. The van der Waals surface area contributed by atoms with Gasteiger partial charge >= 0.3 is 0 Å². The largest absolute Gasteiger partial charge is 0.488 e. The minimum atomic E-state index is 0.319. The summed E-state index contributed by atoms with van der Waals surface area (Å²) in [5.41, 5.74) is 8.86. The molecule has 0 amide bonds. The van der Waals surface area contributed by atoms with Crippen molar-refractivity contribution in [3.05, 3.63) is 29.8 Å². The van der Waals surface area contributed by atoms with Gasteiger partial charge in [-0.25, -0.2) is 4.98 Å². The molecule has 1 aromatic carbocycles. The van der Waals surface area contributed by atoms with Crippen molar-refractivity contribution in [2.75, 3.05) is 36.8 Å². The van der Waals surface area contributed by atoms with Crippen molar-refractivity contribution in [3.8, 4) is 17.0 Å². The van der Waals surface area contributed by atoms with Crippen molar-refractivity contribution in [1.29, 1.82) is 0 Å². The van der Waals surface area contributed by atoms with Crippen LogP contribution < -0.4 is 20.7 Å².